The number of rotatable bonds is 3. The van der Waals surface area contributed by atoms with Gasteiger partial charge in [-0.3, -0.25) is 24.3 Å². The number of Topliss-reactive ketones (excluding diaryl/α,β-unsaturated/α-hetero) is 1. The molecule has 9 nitrogen and oxygen atoms in total. The Kier molecular flexibility index (Phi) is 5.98. The van der Waals surface area contributed by atoms with Gasteiger partial charge in [0.05, 0.1) is 28.9 Å². The van der Waals surface area contributed by atoms with Crippen LogP contribution >= 0.6 is 0 Å². The lowest BCUT2D eigenvalue weighted by atomic mass is 10.0. The molecular formula is C32H23FN6O3. The average molecular weight is 559 g/mol. The first kappa shape index (κ1) is 25.5. The number of aromatic amines is 1. The minimum Gasteiger partial charge on any atom is -0.355 e. The van der Waals surface area contributed by atoms with Gasteiger partial charge in [-0.15, -0.1) is 0 Å². The third kappa shape index (κ3) is 4.84. The Hall–Kier alpha value is -5.48. The molecule has 0 saturated carbocycles. The topological polar surface area (TPSA) is 121 Å². The van der Waals surface area contributed by atoms with Gasteiger partial charge >= 0.3 is 0 Å². The van der Waals surface area contributed by atoms with Crippen molar-refractivity contribution in [3.05, 3.63) is 135 Å². The average Bonchev–Trinajstić information content (AvgIpc) is 3.75. The quantitative estimate of drug-likeness (QED) is 0.454. The molecule has 1 amide bonds. The minimum absolute atomic E-state index is 0.0793. The Morgan fingerprint density at radius 3 is 2.36 bits per heavy atom. The van der Waals surface area contributed by atoms with Gasteiger partial charge in [0.25, 0.3) is 11.5 Å². The molecule has 3 N–H and O–H groups in total. The van der Waals surface area contributed by atoms with Gasteiger partial charge in [-0.1, -0.05) is 0 Å². The van der Waals surface area contributed by atoms with Crippen LogP contribution in [-0.4, -0.2) is 44.4 Å². The number of nitrogens with zero attached hydrogens (tertiary/aromatic N) is 3. The van der Waals surface area contributed by atoms with Crippen LogP contribution in [0.2, 0.25) is 0 Å². The molecule has 2 atom stereocenters. The van der Waals surface area contributed by atoms with Crippen LogP contribution in [0.1, 0.15) is 16.8 Å². The summed E-state index contributed by atoms with van der Waals surface area (Å²) in [5.41, 5.74) is 0.919. The Morgan fingerprint density at radius 2 is 1.62 bits per heavy atom. The van der Waals surface area contributed by atoms with Crippen molar-refractivity contribution in [2.75, 3.05) is 0 Å². The van der Waals surface area contributed by atoms with E-state index < -0.39 is 29.0 Å². The summed E-state index contributed by atoms with van der Waals surface area (Å²) in [5, 5.41) is 7.90. The Bertz CT molecular complexity index is 2040. The Morgan fingerprint density at radius 1 is 0.929 bits per heavy atom. The zero-order valence-electron chi connectivity index (χ0n) is 22.0. The molecule has 2 aromatic heterocycles. The molecule has 7 rings (SSSR count). The monoisotopic (exact) mass is 558 g/mol. The molecule has 1 aromatic carbocycles. The largest absolute Gasteiger partial charge is 0.355 e. The number of nitrogens with one attached hydrogen (secondary N) is 3. The molecule has 6 heterocycles. The van der Waals surface area contributed by atoms with Gasteiger partial charge in [-0.25, -0.2) is 14.4 Å². The number of allylic oxidation sites excluding steroid dienone is 4. The van der Waals surface area contributed by atoms with Crippen LogP contribution in [-0.2, 0) is 4.79 Å². The second kappa shape index (κ2) is 9.86. The summed E-state index contributed by atoms with van der Waals surface area (Å²) in [7, 11) is 0. The van der Waals surface area contributed by atoms with E-state index in [2.05, 4.69) is 25.6 Å². The number of aromatic nitrogens is 2. The van der Waals surface area contributed by atoms with Gasteiger partial charge in [0.1, 0.15) is 17.0 Å². The standard InChI is InChI=1S/C32H23FN6O3/c33-19-3-11-26(12-4-19)39-13-1-2-27(31(39)42)30(41)38-32-17-25-10-9-23(36-25)15-21-6-5-20(34-21)14-22-7-8-24(35-22)16-28(37-32)29(40)18-32/h1-17,28,34,37H,18H2,(H,38,41). The fourth-order valence-electron chi connectivity index (χ4n) is 5.34. The van der Waals surface area contributed by atoms with Crippen LogP contribution in [0.15, 0.2) is 117 Å². The van der Waals surface area contributed by atoms with E-state index in [0.29, 0.717) is 22.8 Å². The summed E-state index contributed by atoms with van der Waals surface area (Å²) in [6, 6.07) is 11.5. The molecule has 2 unspecified atom stereocenters. The molecule has 8 bridgehead atoms. The lowest BCUT2D eigenvalue weighted by molar-refractivity contribution is -0.118. The van der Waals surface area contributed by atoms with Crippen molar-refractivity contribution >= 4 is 35.3 Å². The maximum Gasteiger partial charge on any atom is 0.267 e. The molecule has 4 aliphatic rings. The lowest BCUT2D eigenvalue weighted by Crippen LogP contribution is -2.56. The van der Waals surface area contributed by atoms with Gasteiger partial charge < -0.3 is 10.3 Å². The summed E-state index contributed by atoms with van der Waals surface area (Å²) in [5.74, 6) is -1.28. The van der Waals surface area contributed by atoms with Crippen molar-refractivity contribution in [3.63, 3.8) is 0 Å². The molecule has 0 spiro atoms. The number of ketones is 1. The van der Waals surface area contributed by atoms with Gasteiger partial charge in [0.15, 0.2) is 5.78 Å². The van der Waals surface area contributed by atoms with E-state index in [1.54, 1.807) is 24.3 Å². The molecule has 1 fully saturated rings. The number of hydrogen-bond donors (Lipinski definition) is 3. The van der Waals surface area contributed by atoms with E-state index in [1.165, 1.54) is 41.1 Å². The van der Waals surface area contributed by atoms with Crippen molar-refractivity contribution < 1.29 is 14.0 Å². The van der Waals surface area contributed by atoms with Crippen LogP contribution in [0.25, 0.3) is 17.8 Å². The van der Waals surface area contributed by atoms with Crippen LogP contribution in [0.3, 0.4) is 0 Å². The van der Waals surface area contributed by atoms with E-state index in [-0.39, 0.29) is 17.8 Å². The molecule has 4 aliphatic heterocycles. The third-order valence-corrected chi connectivity index (χ3v) is 7.28. The van der Waals surface area contributed by atoms with E-state index in [1.807, 2.05) is 42.5 Å². The number of hydrogen-bond acceptors (Lipinski definition) is 6. The highest BCUT2D eigenvalue weighted by molar-refractivity contribution is 6.20. The van der Waals surface area contributed by atoms with Crippen molar-refractivity contribution in [2.45, 2.75) is 18.1 Å². The number of carbonyl (C=O) groups excluding carboxylic acids is 2. The molecule has 0 radical (unpaired) electrons. The number of pyridine rings is 1. The maximum absolute atomic E-state index is 13.6. The third-order valence-electron chi connectivity index (χ3n) is 7.28. The zero-order chi connectivity index (χ0) is 28.8. The summed E-state index contributed by atoms with van der Waals surface area (Å²) >= 11 is 0. The SMILES string of the molecule is O=C(NC12C=C3C=CC(=N3)C=c3ccc([nH]3)=CC3=NC(=CC(N1)C(=O)C2)C=C3)c1cccn(-c2ccc(F)cc2)c1=O. The fourth-order valence-corrected chi connectivity index (χ4v) is 5.34. The fraction of sp³-hybridized carbons (Fsp3) is 0.0938. The number of aliphatic imine (C=N–C) groups is 2. The molecule has 206 valence electrons. The molecular weight excluding hydrogens is 535 g/mol. The summed E-state index contributed by atoms with van der Waals surface area (Å²) in [6.45, 7) is 0. The van der Waals surface area contributed by atoms with Crippen molar-refractivity contribution in [2.24, 2.45) is 9.98 Å². The van der Waals surface area contributed by atoms with Crippen molar-refractivity contribution in [1.82, 2.24) is 20.2 Å². The second-order valence-corrected chi connectivity index (χ2v) is 10.3. The van der Waals surface area contributed by atoms with Crippen LogP contribution in [0, 0.1) is 5.82 Å². The summed E-state index contributed by atoms with van der Waals surface area (Å²) < 4.78 is 14.7. The summed E-state index contributed by atoms with van der Waals surface area (Å²) in [6.07, 6.45) is 16.0. The first-order valence-corrected chi connectivity index (χ1v) is 13.3. The molecule has 0 aliphatic carbocycles. The number of benzene rings is 1. The van der Waals surface area contributed by atoms with Gasteiger partial charge in [0, 0.05) is 29.0 Å². The van der Waals surface area contributed by atoms with Crippen LogP contribution in [0.5, 0.6) is 0 Å². The Balaban J connectivity index is 1.29. The minimum atomic E-state index is -1.34. The first-order valence-electron chi connectivity index (χ1n) is 13.3. The van der Waals surface area contributed by atoms with E-state index in [9.17, 15) is 18.8 Å². The second-order valence-electron chi connectivity index (χ2n) is 10.3. The lowest BCUT2D eigenvalue weighted by Gasteiger charge is -2.28. The van der Waals surface area contributed by atoms with E-state index in [4.69, 9.17) is 0 Å². The smallest absolute Gasteiger partial charge is 0.267 e. The predicted molar refractivity (Wildman–Crippen MR) is 157 cm³/mol. The molecule has 3 aromatic rings. The van der Waals surface area contributed by atoms with Crippen LogP contribution in [0.4, 0.5) is 4.39 Å². The molecule has 1 saturated heterocycles. The summed E-state index contributed by atoms with van der Waals surface area (Å²) in [4.78, 5) is 52.9. The number of amides is 1. The number of fused-ring (bicyclic) bond motifs is 6. The van der Waals surface area contributed by atoms with Gasteiger partial charge in [-0.05, 0) is 97.1 Å². The van der Waals surface area contributed by atoms with E-state index >= 15 is 0 Å². The van der Waals surface area contributed by atoms with Gasteiger partial charge in [0.2, 0.25) is 0 Å². The van der Waals surface area contributed by atoms with Crippen molar-refractivity contribution in [3.8, 4) is 5.69 Å². The zero-order valence-corrected chi connectivity index (χ0v) is 22.0. The highest BCUT2D eigenvalue weighted by Gasteiger charge is 2.44. The normalized spacial score (nSPS) is 22.1. The first-order chi connectivity index (χ1) is 20.3. The number of carbonyl (C=O) groups is 2. The molecule has 42 heavy (non-hydrogen) atoms. The highest BCUT2D eigenvalue weighted by Crippen LogP contribution is 2.26. The molecule has 10 heteroatoms. The highest BCUT2D eigenvalue weighted by atomic mass is 19.1. The van der Waals surface area contributed by atoms with Crippen LogP contribution < -0.4 is 26.9 Å². The maximum atomic E-state index is 13.6. The number of H-pyrrole nitrogens is 1. The predicted octanol–water partition coefficient (Wildman–Crippen LogP) is 1.73. The van der Waals surface area contributed by atoms with Crippen molar-refractivity contribution in [1.29, 1.82) is 0 Å². The number of halogens is 1. The Labute approximate surface area is 238 Å². The van der Waals surface area contributed by atoms with Gasteiger partial charge in [-0.2, -0.15) is 0 Å². The van der Waals surface area contributed by atoms with E-state index in [0.717, 1.165) is 16.4 Å².